The van der Waals surface area contributed by atoms with Gasteiger partial charge in [-0.25, -0.2) is 4.79 Å². The second-order valence-electron chi connectivity index (χ2n) is 6.06. The Labute approximate surface area is 113 Å². The SMILES string of the molecule is C.CCC1(C)CC(C=C=O)C(C)C(C)(CC)N1C. The molecule has 0 aromatic rings. The van der Waals surface area contributed by atoms with E-state index in [1.54, 1.807) is 6.08 Å². The standard InChI is InChI=1S/C15H27NO.CH4/c1-7-14(4)11-13(9-10-17)12(3)15(5,8-2)16(14)6;/h9,12-13H,7-8,11H2,1-6H3;1H4. The van der Waals surface area contributed by atoms with E-state index in [4.69, 9.17) is 0 Å². The zero-order valence-corrected chi connectivity index (χ0v) is 12.2. The van der Waals surface area contributed by atoms with Gasteiger partial charge in [-0.1, -0.05) is 28.2 Å². The molecule has 1 aliphatic rings. The molecule has 0 aromatic carbocycles. The molecule has 2 nitrogen and oxygen atoms in total. The molecule has 1 fully saturated rings. The van der Waals surface area contributed by atoms with Crippen molar-refractivity contribution in [3.05, 3.63) is 6.08 Å². The predicted octanol–water partition coefficient (Wildman–Crippen LogP) is 3.94. The topological polar surface area (TPSA) is 20.3 Å². The van der Waals surface area contributed by atoms with Crippen LogP contribution in [0.2, 0.25) is 0 Å². The highest BCUT2D eigenvalue weighted by Crippen LogP contribution is 2.47. The van der Waals surface area contributed by atoms with Crippen LogP contribution in [0.15, 0.2) is 6.08 Å². The van der Waals surface area contributed by atoms with E-state index in [0.717, 1.165) is 19.3 Å². The quantitative estimate of drug-likeness (QED) is 0.710. The van der Waals surface area contributed by atoms with Crippen LogP contribution in [0, 0.1) is 11.8 Å². The Morgan fingerprint density at radius 1 is 1.33 bits per heavy atom. The minimum absolute atomic E-state index is 0. The number of hydrogen-bond donors (Lipinski definition) is 0. The van der Waals surface area contributed by atoms with Gasteiger partial charge in [0.05, 0.1) is 0 Å². The van der Waals surface area contributed by atoms with Gasteiger partial charge in [0.15, 0.2) is 0 Å². The Morgan fingerprint density at radius 2 is 1.89 bits per heavy atom. The van der Waals surface area contributed by atoms with E-state index in [0.29, 0.717) is 11.8 Å². The van der Waals surface area contributed by atoms with Crippen molar-refractivity contribution in [2.45, 2.75) is 72.4 Å². The van der Waals surface area contributed by atoms with Crippen molar-refractivity contribution in [2.24, 2.45) is 11.8 Å². The maximum absolute atomic E-state index is 10.7. The number of hydrogen-bond acceptors (Lipinski definition) is 2. The van der Waals surface area contributed by atoms with Crippen molar-refractivity contribution in [1.82, 2.24) is 4.90 Å². The van der Waals surface area contributed by atoms with Crippen LogP contribution in [0.4, 0.5) is 0 Å². The Balaban J connectivity index is 0.00000289. The van der Waals surface area contributed by atoms with E-state index in [-0.39, 0.29) is 18.5 Å². The summed E-state index contributed by atoms with van der Waals surface area (Å²) < 4.78 is 0. The van der Waals surface area contributed by atoms with Crippen molar-refractivity contribution in [2.75, 3.05) is 7.05 Å². The lowest BCUT2D eigenvalue weighted by atomic mass is 9.64. The van der Waals surface area contributed by atoms with Crippen molar-refractivity contribution >= 4 is 5.94 Å². The minimum Gasteiger partial charge on any atom is -0.295 e. The summed E-state index contributed by atoms with van der Waals surface area (Å²) in [5, 5.41) is 0. The van der Waals surface area contributed by atoms with Crippen LogP contribution in [0.25, 0.3) is 0 Å². The summed E-state index contributed by atoms with van der Waals surface area (Å²) in [4.78, 5) is 13.2. The van der Waals surface area contributed by atoms with Gasteiger partial charge in [-0.3, -0.25) is 4.90 Å². The largest absolute Gasteiger partial charge is 0.295 e. The number of rotatable bonds is 3. The average molecular weight is 253 g/mol. The molecule has 1 rings (SSSR count). The van der Waals surface area contributed by atoms with Gasteiger partial charge in [0.25, 0.3) is 0 Å². The van der Waals surface area contributed by atoms with E-state index in [9.17, 15) is 4.79 Å². The summed E-state index contributed by atoms with van der Waals surface area (Å²) in [5.41, 5.74) is 0.357. The predicted molar refractivity (Wildman–Crippen MR) is 79.4 cm³/mol. The Morgan fingerprint density at radius 3 is 2.28 bits per heavy atom. The fraction of sp³-hybridized carbons (Fsp3) is 0.875. The number of likely N-dealkylation sites (tertiary alicyclic amines) is 1. The molecule has 0 aromatic heterocycles. The molecule has 18 heavy (non-hydrogen) atoms. The van der Waals surface area contributed by atoms with E-state index >= 15 is 0 Å². The maximum atomic E-state index is 10.7. The fourth-order valence-corrected chi connectivity index (χ4v) is 3.44. The van der Waals surface area contributed by atoms with E-state index in [2.05, 4.69) is 46.6 Å². The Kier molecular flexibility index (Phi) is 5.84. The molecule has 0 saturated carbocycles. The first-order valence-electron chi connectivity index (χ1n) is 6.80. The van der Waals surface area contributed by atoms with Gasteiger partial charge < -0.3 is 0 Å². The third-order valence-corrected chi connectivity index (χ3v) is 5.63. The van der Waals surface area contributed by atoms with Gasteiger partial charge in [-0.2, -0.15) is 0 Å². The smallest absolute Gasteiger partial charge is 0.120 e. The van der Waals surface area contributed by atoms with E-state index in [1.165, 1.54) is 0 Å². The fourth-order valence-electron chi connectivity index (χ4n) is 3.44. The molecule has 0 amide bonds. The molecule has 1 saturated heterocycles. The molecule has 1 aliphatic heterocycles. The summed E-state index contributed by atoms with van der Waals surface area (Å²) >= 11 is 0. The molecule has 106 valence electrons. The summed E-state index contributed by atoms with van der Waals surface area (Å²) in [7, 11) is 2.24. The maximum Gasteiger partial charge on any atom is 0.120 e. The molecule has 0 bridgehead atoms. The molecule has 2 heteroatoms. The highest BCUT2D eigenvalue weighted by molar-refractivity contribution is 5.46. The molecule has 1 heterocycles. The van der Waals surface area contributed by atoms with Crippen molar-refractivity contribution in [3.63, 3.8) is 0 Å². The monoisotopic (exact) mass is 253 g/mol. The van der Waals surface area contributed by atoms with Crippen molar-refractivity contribution in [3.8, 4) is 0 Å². The Bertz CT molecular complexity index is 321. The lowest BCUT2D eigenvalue weighted by Crippen LogP contribution is -2.64. The molecule has 0 aliphatic carbocycles. The van der Waals surface area contributed by atoms with Gasteiger partial charge in [0.2, 0.25) is 0 Å². The van der Waals surface area contributed by atoms with Gasteiger partial charge in [-0.05, 0) is 52.0 Å². The van der Waals surface area contributed by atoms with Crippen molar-refractivity contribution < 1.29 is 4.79 Å². The number of allylic oxidation sites excluding steroid dienone is 1. The lowest BCUT2D eigenvalue weighted by molar-refractivity contribution is -0.0814. The van der Waals surface area contributed by atoms with E-state index < -0.39 is 0 Å². The number of piperidine rings is 1. The molecular formula is C16H31NO. The molecular weight excluding hydrogens is 222 g/mol. The van der Waals surface area contributed by atoms with Gasteiger partial charge >= 0.3 is 0 Å². The first kappa shape index (κ1) is 17.4. The third kappa shape index (κ3) is 2.55. The normalized spacial score (nSPS) is 40.8. The summed E-state index contributed by atoms with van der Waals surface area (Å²) in [6, 6.07) is 0. The third-order valence-electron chi connectivity index (χ3n) is 5.63. The second kappa shape index (κ2) is 6.04. The van der Waals surface area contributed by atoms with Crippen LogP contribution < -0.4 is 0 Å². The molecule has 0 spiro atoms. The first-order valence-corrected chi connectivity index (χ1v) is 6.80. The van der Waals surface area contributed by atoms with Gasteiger partial charge in [0.1, 0.15) is 5.94 Å². The summed E-state index contributed by atoms with van der Waals surface area (Å²) in [5.74, 6) is 2.87. The highest BCUT2D eigenvalue weighted by Gasteiger charge is 2.49. The number of nitrogens with zero attached hydrogens (tertiary/aromatic N) is 1. The molecule has 4 atom stereocenters. The van der Waals surface area contributed by atoms with Crippen LogP contribution in [-0.2, 0) is 4.79 Å². The van der Waals surface area contributed by atoms with Crippen LogP contribution in [0.1, 0.15) is 61.3 Å². The zero-order chi connectivity index (χ0) is 13.3. The van der Waals surface area contributed by atoms with Crippen molar-refractivity contribution in [1.29, 1.82) is 0 Å². The molecule has 4 unspecified atom stereocenters. The van der Waals surface area contributed by atoms with Crippen LogP contribution in [0.3, 0.4) is 0 Å². The zero-order valence-electron chi connectivity index (χ0n) is 12.2. The molecule has 0 N–H and O–H groups in total. The summed E-state index contributed by atoms with van der Waals surface area (Å²) in [6.07, 6.45) is 5.05. The second-order valence-corrected chi connectivity index (χ2v) is 6.06. The first-order chi connectivity index (χ1) is 7.85. The summed E-state index contributed by atoms with van der Waals surface area (Å²) in [6.45, 7) is 11.4. The van der Waals surface area contributed by atoms with Crippen LogP contribution >= 0.6 is 0 Å². The van der Waals surface area contributed by atoms with E-state index in [1.807, 2.05) is 5.94 Å². The van der Waals surface area contributed by atoms with Crippen LogP contribution in [-0.4, -0.2) is 29.0 Å². The van der Waals surface area contributed by atoms with Gasteiger partial charge in [0, 0.05) is 17.2 Å². The lowest BCUT2D eigenvalue weighted by Gasteiger charge is -2.59. The minimum atomic E-state index is 0. The average Bonchev–Trinajstić information content (AvgIpc) is 2.33. The van der Waals surface area contributed by atoms with Crippen LogP contribution in [0.5, 0.6) is 0 Å². The Hall–Kier alpha value is -0.590. The highest BCUT2D eigenvalue weighted by atomic mass is 16.1. The van der Waals surface area contributed by atoms with Gasteiger partial charge in [-0.15, -0.1) is 0 Å². The number of carbonyl (C=O) groups excluding carboxylic acids is 1. The molecule has 0 radical (unpaired) electrons.